The van der Waals surface area contributed by atoms with Crippen molar-refractivity contribution >= 4 is 16.6 Å². The molecule has 0 fully saturated rings. The lowest BCUT2D eigenvalue weighted by Gasteiger charge is -2.15. The fourth-order valence-corrected chi connectivity index (χ4v) is 2.48. The number of anilines is 1. The Bertz CT molecular complexity index is 779. The molecular weight excluding hydrogens is 276 g/mol. The lowest BCUT2D eigenvalue weighted by molar-refractivity contribution is 0.655. The first kappa shape index (κ1) is 14.5. The number of hydrogen-bond donors (Lipinski definition) is 2. The van der Waals surface area contributed by atoms with Crippen molar-refractivity contribution in [2.24, 2.45) is 7.05 Å². The second kappa shape index (κ2) is 6.11. The van der Waals surface area contributed by atoms with Crippen molar-refractivity contribution in [3.05, 3.63) is 48.2 Å². The number of benzene rings is 1. The molecule has 22 heavy (non-hydrogen) atoms. The van der Waals surface area contributed by atoms with E-state index in [1.165, 1.54) is 10.9 Å². The molecular formula is C16H20N6. The molecule has 3 rings (SSSR count). The monoisotopic (exact) mass is 296 g/mol. The summed E-state index contributed by atoms with van der Waals surface area (Å²) in [6.07, 6.45) is 3.62. The predicted molar refractivity (Wildman–Crippen MR) is 87.5 cm³/mol. The van der Waals surface area contributed by atoms with Gasteiger partial charge >= 0.3 is 0 Å². The standard InChI is InChI=1S/C16H20N6/c1-11(17-2)14-8-18-16(13-7-5-4-6-12(13)14)19-9-15-20-10-22(3)21-15/h4-8,10-11,17H,9H2,1-3H3,(H,18,19). The molecule has 0 bridgehead atoms. The maximum atomic E-state index is 4.58. The van der Waals surface area contributed by atoms with Gasteiger partial charge in [0.1, 0.15) is 12.1 Å². The molecule has 0 spiro atoms. The fourth-order valence-electron chi connectivity index (χ4n) is 2.48. The highest BCUT2D eigenvalue weighted by atomic mass is 15.3. The maximum Gasteiger partial charge on any atom is 0.169 e. The summed E-state index contributed by atoms with van der Waals surface area (Å²) in [5.41, 5.74) is 1.19. The Hall–Kier alpha value is -2.47. The highest BCUT2D eigenvalue weighted by Gasteiger charge is 2.11. The normalized spacial score (nSPS) is 12.5. The average Bonchev–Trinajstić information content (AvgIpc) is 2.97. The van der Waals surface area contributed by atoms with E-state index in [0.717, 1.165) is 17.0 Å². The number of fused-ring (bicyclic) bond motifs is 1. The Balaban J connectivity index is 1.93. The molecule has 1 aromatic carbocycles. The number of rotatable bonds is 5. The Morgan fingerprint density at radius 1 is 1.18 bits per heavy atom. The van der Waals surface area contributed by atoms with Crippen molar-refractivity contribution in [3.63, 3.8) is 0 Å². The second-order valence-electron chi connectivity index (χ2n) is 5.31. The molecule has 114 valence electrons. The molecule has 1 unspecified atom stereocenters. The molecule has 0 aliphatic carbocycles. The zero-order valence-corrected chi connectivity index (χ0v) is 13.0. The number of nitrogens with zero attached hydrogens (tertiary/aromatic N) is 4. The molecule has 0 aliphatic rings. The van der Waals surface area contributed by atoms with Gasteiger partial charge in [-0.05, 0) is 24.9 Å². The Morgan fingerprint density at radius 3 is 2.64 bits per heavy atom. The van der Waals surface area contributed by atoms with Gasteiger partial charge in [-0.3, -0.25) is 4.68 Å². The summed E-state index contributed by atoms with van der Waals surface area (Å²) in [6, 6.07) is 8.55. The first-order valence-corrected chi connectivity index (χ1v) is 7.32. The van der Waals surface area contributed by atoms with E-state index in [0.29, 0.717) is 6.54 Å². The topological polar surface area (TPSA) is 67.7 Å². The summed E-state index contributed by atoms with van der Waals surface area (Å²) in [5.74, 6) is 1.61. The van der Waals surface area contributed by atoms with Gasteiger partial charge in [-0.25, -0.2) is 9.97 Å². The Labute approximate surface area is 129 Å². The van der Waals surface area contributed by atoms with Gasteiger partial charge in [-0.1, -0.05) is 24.3 Å². The fraction of sp³-hybridized carbons (Fsp3) is 0.312. The summed E-state index contributed by atoms with van der Waals surface area (Å²) in [5, 5.41) is 13.2. The summed E-state index contributed by atoms with van der Waals surface area (Å²) >= 11 is 0. The molecule has 0 radical (unpaired) electrons. The third-order valence-corrected chi connectivity index (χ3v) is 3.79. The van der Waals surface area contributed by atoms with Crippen molar-refractivity contribution in [1.29, 1.82) is 0 Å². The van der Waals surface area contributed by atoms with E-state index in [4.69, 9.17) is 0 Å². The van der Waals surface area contributed by atoms with Crippen molar-refractivity contribution in [1.82, 2.24) is 25.1 Å². The van der Waals surface area contributed by atoms with E-state index in [9.17, 15) is 0 Å². The van der Waals surface area contributed by atoms with Crippen LogP contribution in [0.4, 0.5) is 5.82 Å². The quantitative estimate of drug-likeness (QED) is 0.756. The lowest BCUT2D eigenvalue weighted by Crippen LogP contribution is -2.13. The van der Waals surface area contributed by atoms with Crippen LogP contribution in [0.1, 0.15) is 24.4 Å². The van der Waals surface area contributed by atoms with Gasteiger partial charge in [0.05, 0.1) is 6.54 Å². The maximum absolute atomic E-state index is 4.58. The molecule has 2 N–H and O–H groups in total. The lowest BCUT2D eigenvalue weighted by atomic mass is 10.0. The first-order chi connectivity index (χ1) is 10.7. The number of aromatic nitrogens is 4. The number of aryl methyl sites for hydroxylation is 1. The van der Waals surface area contributed by atoms with Crippen molar-refractivity contribution in [3.8, 4) is 0 Å². The van der Waals surface area contributed by atoms with Gasteiger partial charge in [0.15, 0.2) is 5.82 Å². The van der Waals surface area contributed by atoms with Crippen LogP contribution in [-0.4, -0.2) is 26.8 Å². The average molecular weight is 296 g/mol. The summed E-state index contributed by atoms with van der Waals surface area (Å²) < 4.78 is 1.69. The number of nitrogens with one attached hydrogen (secondary N) is 2. The molecule has 6 heteroatoms. The van der Waals surface area contributed by atoms with Gasteiger partial charge in [0, 0.05) is 24.7 Å². The van der Waals surface area contributed by atoms with Crippen molar-refractivity contribution in [2.75, 3.05) is 12.4 Å². The Morgan fingerprint density at radius 2 is 1.95 bits per heavy atom. The molecule has 0 saturated heterocycles. The van der Waals surface area contributed by atoms with Crippen LogP contribution in [0.2, 0.25) is 0 Å². The van der Waals surface area contributed by atoms with Crippen LogP contribution >= 0.6 is 0 Å². The second-order valence-corrected chi connectivity index (χ2v) is 5.31. The summed E-state index contributed by atoms with van der Waals surface area (Å²) in [4.78, 5) is 8.81. The summed E-state index contributed by atoms with van der Waals surface area (Å²) in [7, 11) is 3.82. The molecule has 2 heterocycles. The number of pyridine rings is 1. The van der Waals surface area contributed by atoms with Gasteiger partial charge < -0.3 is 10.6 Å². The van der Waals surface area contributed by atoms with E-state index in [-0.39, 0.29) is 6.04 Å². The van der Waals surface area contributed by atoms with E-state index >= 15 is 0 Å². The van der Waals surface area contributed by atoms with Crippen LogP contribution < -0.4 is 10.6 Å². The van der Waals surface area contributed by atoms with Crippen LogP contribution in [0.15, 0.2) is 36.8 Å². The molecule has 3 aromatic rings. The number of hydrogen-bond acceptors (Lipinski definition) is 5. The molecule has 6 nitrogen and oxygen atoms in total. The molecule has 0 saturated carbocycles. The van der Waals surface area contributed by atoms with Crippen LogP contribution in [-0.2, 0) is 13.6 Å². The van der Waals surface area contributed by atoms with Crippen LogP contribution in [0, 0.1) is 0 Å². The van der Waals surface area contributed by atoms with Crippen LogP contribution in [0.25, 0.3) is 10.8 Å². The van der Waals surface area contributed by atoms with E-state index < -0.39 is 0 Å². The van der Waals surface area contributed by atoms with E-state index in [1.807, 2.05) is 26.4 Å². The highest BCUT2D eigenvalue weighted by Crippen LogP contribution is 2.28. The zero-order valence-electron chi connectivity index (χ0n) is 13.0. The van der Waals surface area contributed by atoms with Gasteiger partial charge in [0.2, 0.25) is 0 Å². The van der Waals surface area contributed by atoms with Crippen LogP contribution in [0.5, 0.6) is 0 Å². The minimum Gasteiger partial charge on any atom is -0.362 e. The Kier molecular flexibility index (Phi) is 4.02. The van der Waals surface area contributed by atoms with E-state index in [2.05, 4.69) is 50.8 Å². The molecule has 0 amide bonds. The minimum atomic E-state index is 0.254. The molecule has 1 atom stereocenters. The van der Waals surface area contributed by atoms with Crippen molar-refractivity contribution < 1.29 is 0 Å². The van der Waals surface area contributed by atoms with Gasteiger partial charge in [-0.15, -0.1) is 0 Å². The molecule has 2 aromatic heterocycles. The van der Waals surface area contributed by atoms with Crippen LogP contribution in [0.3, 0.4) is 0 Å². The molecule has 0 aliphatic heterocycles. The minimum absolute atomic E-state index is 0.254. The van der Waals surface area contributed by atoms with Gasteiger partial charge in [-0.2, -0.15) is 5.10 Å². The SMILES string of the molecule is CNC(C)c1cnc(NCc2ncn(C)n2)c2ccccc12. The predicted octanol–water partition coefficient (Wildman–Crippen LogP) is 2.26. The summed E-state index contributed by atoms with van der Waals surface area (Å²) in [6.45, 7) is 2.69. The van der Waals surface area contributed by atoms with E-state index in [1.54, 1.807) is 11.0 Å². The smallest absolute Gasteiger partial charge is 0.169 e. The zero-order chi connectivity index (χ0) is 15.5. The third kappa shape index (κ3) is 2.78. The van der Waals surface area contributed by atoms with Gasteiger partial charge in [0.25, 0.3) is 0 Å². The largest absolute Gasteiger partial charge is 0.362 e. The highest BCUT2D eigenvalue weighted by molar-refractivity contribution is 5.94. The van der Waals surface area contributed by atoms with Crippen molar-refractivity contribution in [2.45, 2.75) is 19.5 Å². The third-order valence-electron chi connectivity index (χ3n) is 3.79. The first-order valence-electron chi connectivity index (χ1n) is 7.32.